The van der Waals surface area contributed by atoms with Gasteiger partial charge in [-0.15, -0.1) is 0 Å². The van der Waals surface area contributed by atoms with Crippen LogP contribution in [0.3, 0.4) is 0 Å². The molecule has 2 heterocycles. The third kappa shape index (κ3) is 9.97. The van der Waals surface area contributed by atoms with Gasteiger partial charge in [0.15, 0.2) is 0 Å². The van der Waals surface area contributed by atoms with E-state index in [1.165, 1.54) is 4.90 Å². The Kier molecular flexibility index (Phi) is 11.7. The first kappa shape index (κ1) is 41.9. The molecule has 3 N–H and O–H groups in total. The summed E-state index contributed by atoms with van der Waals surface area (Å²) >= 11 is 0. The highest BCUT2D eigenvalue weighted by Crippen LogP contribution is 2.47. The standard InChI is InChI=1S/C38H56N6O10S/c1-11-24-20-38(24,33(47)42-55(49,50)54-37(7)15-16-37)41-30(45)28-19-26(52-31-27-13-12-25(51-10)18-23(27)14-17-39-31)21-44(28)32(46)29(35(2,3)4)40-34(48)53-36(5,6)22-43(8)9/h12-14,17-18,24,26,28-29H,11,15-16,19-22H2,1-10H3,(H,40,48)(H,41,45)(H,42,47)/t24?,26?,28-,29+,38+/m0/s1. The Hall–Kier alpha value is -4.22. The van der Waals surface area contributed by atoms with Gasteiger partial charge in [0.25, 0.3) is 5.91 Å². The van der Waals surface area contributed by atoms with Crippen molar-refractivity contribution in [1.82, 2.24) is 30.1 Å². The summed E-state index contributed by atoms with van der Waals surface area (Å²) in [7, 11) is 0.813. The number of fused-ring (bicyclic) bond motifs is 1. The van der Waals surface area contributed by atoms with Gasteiger partial charge in [-0.25, -0.2) is 18.7 Å². The topological polar surface area (TPSA) is 195 Å². The minimum absolute atomic E-state index is 0.0111. The van der Waals surface area contributed by atoms with Crippen molar-refractivity contribution in [3.8, 4) is 11.6 Å². The van der Waals surface area contributed by atoms with Crippen LogP contribution in [0.25, 0.3) is 10.8 Å². The Labute approximate surface area is 323 Å². The van der Waals surface area contributed by atoms with Gasteiger partial charge in [-0.3, -0.25) is 14.4 Å². The van der Waals surface area contributed by atoms with Crippen molar-refractivity contribution >= 4 is 44.9 Å². The average molecular weight is 789 g/mol. The number of rotatable bonds is 15. The van der Waals surface area contributed by atoms with E-state index >= 15 is 0 Å². The van der Waals surface area contributed by atoms with Crippen molar-refractivity contribution in [3.63, 3.8) is 0 Å². The lowest BCUT2D eigenvalue weighted by Gasteiger charge is -2.36. The normalized spacial score (nSPS) is 23.8. The molecule has 1 aromatic carbocycles. The number of amides is 4. The highest BCUT2D eigenvalue weighted by molar-refractivity contribution is 7.85. The van der Waals surface area contributed by atoms with Crippen LogP contribution < -0.4 is 24.8 Å². The SMILES string of the molecule is CCC1C[C@]1(NC(=O)[C@@H]1CC(Oc2nccc3cc(OC)ccc23)CN1C(=O)[C@@H](NC(=O)OC(C)(C)CN(C)C)C(C)(C)C)C(=O)NS(=O)(=O)OC1(C)CC1. The molecule has 0 radical (unpaired) electrons. The fraction of sp³-hybridized carbons (Fsp3) is 0.658. The molecule has 1 aliphatic heterocycles. The van der Waals surface area contributed by atoms with Gasteiger partial charge in [-0.05, 0) is 95.1 Å². The molecule has 3 aliphatic rings. The van der Waals surface area contributed by atoms with E-state index in [4.69, 9.17) is 18.4 Å². The second-order valence-electron chi connectivity index (χ2n) is 17.2. The molecule has 55 heavy (non-hydrogen) atoms. The quantitative estimate of drug-likeness (QED) is 0.239. The molecule has 5 atom stereocenters. The van der Waals surface area contributed by atoms with E-state index in [0.29, 0.717) is 36.9 Å². The first-order valence-corrected chi connectivity index (χ1v) is 20.0. The Bertz CT molecular complexity index is 1910. The molecule has 1 aromatic heterocycles. The molecule has 0 spiro atoms. The van der Waals surface area contributed by atoms with E-state index in [9.17, 15) is 27.6 Å². The third-order valence-electron chi connectivity index (χ3n) is 10.3. The van der Waals surface area contributed by atoms with Crippen LogP contribution >= 0.6 is 0 Å². The molecule has 2 saturated carbocycles. The van der Waals surface area contributed by atoms with Crippen LogP contribution in [-0.2, 0) is 33.6 Å². The van der Waals surface area contributed by atoms with E-state index in [2.05, 4.69) is 15.6 Å². The lowest BCUT2D eigenvalue weighted by molar-refractivity contribution is -0.143. The summed E-state index contributed by atoms with van der Waals surface area (Å²) in [5.41, 5.74) is -4.13. The number of likely N-dealkylation sites (tertiary alicyclic amines) is 1. The van der Waals surface area contributed by atoms with Gasteiger partial charge in [0.2, 0.25) is 17.7 Å². The van der Waals surface area contributed by atoms with E-state index in [0.717, 1.165) is 5.39 Å². The first-order valence-electron chi connectivity index (χ1n) is 18.6. The van der Waals surface area contributed by atoms with Crippen LogP contribution in [0.15, 0.2) is 30.5 Å². The van der Waals surface area contributed by atoms with Gasteiger partial charge in [-0.2, -0.15) is 8.42 Å². The number of likely N-dealkylation sites (N-methyl/N-ethyl adjacent to an activating group) is 1. The van der Waals surface area contributed by atoms with Crippen LogP contribution in [0, 0.1) is 11.3 Å². The number of aromatic nitrogens is 1. The number of carbonyl (C=O) groups excluding carboxylic acids is 4. The Morgan fingerprint density at radius 1 is 1.09 bits per heavy atom. The molecule has 16 nitrogen and oxygen atoms in total. The maximum Gasteiger partial charge on any atom is 0.408 e. The summed E-state index contributed by atoms with van der Waals surface area (Å²) in [4.78, 5) is 63.6. The lowest BCUT2D eigenvalue weighted by atomic mass is 9.85. The number of alkyl carbamates (subject to hydrolysis) is 1. The number of hydrogen-bond acceptors (Lipinski definition) is 12. The third-order valence-corrected chi connectivity index (χ3v) is 11.4. The number of ether oxygens (including phenoxy) is 3. The molecule has 3 fully saturated rings. The molecule has 5 rings (SSSR count). The zero-order valence-electron chi connectivity index (χ0n) is 33.5. The number of carbonyl (C=O) groups is 4. The summed E-state index contributed by atoms with van der Waals surface area (Å²) in [5.74, 6) is -1.57. The predicted molar refractivity (Wildman–Crippen MR) is 203 cm³/mol. The number of benzene rings is 1. The zero-order valence-corrected chi connectivity index (χ0v) is 34.3. The first-order chi connectivity index (χ1) is 25.5. The second-order valence-corrected chi connectivity index (χ2v) is 18.5. The summed E-state index contributed by atoms with van der Waals surface area (Å²) in [6, 6.07) is 4.93. The lowest BCUT2D eigenvalue weighted by Crippen LogP contribution is -2.60. The van der Waals surface area contributed by atoms with Crippen LogP contribution in [-0.4, -0.2) is 116 Å². The van der Waals surface area contributed by atoms with Gasteiger partial charge >= 0.3 is 16.4 Å². The molecule has 304 valence electrons. The Morgan fingerprint density at radius 3 is 2.36 bits per heavy atom. The molecule has 2 unspecified atom stereocenters. The minimum Gasteiger partial charge on any atom is -0.497 e. The van der Waals surface area contributed by atoms with Crippen molar-refractivity contribution in [3.05, 3.63) is 30.5 Å². The van der Waals surface area contributed by atoms with Crippen LogP contribution in [0.4, 0.5) is 4.79 Å². The monoisotopic (exact) mass is 788 g/mol. The number of nitrogens with one attached hydrogen (secondary N) is 3. The molecule has 0 bridgehead atoms. The van der Waals surface area contributed by atoms with Crippen LogP contribution in [0.1, 0.15) is 80.6 Å². The van der Waals surface area contributed by atoms with Crippen molar-refractivity contribution in [2.24, 2.45) is 11.3 Å². The van der Waals surface area contributed by atoms with Crippen molar-refractivity contribution in [2.45, 2.75) is 115 Å². The fourth-order valence-electron chi connectivity index (χ4n) is 7.25. The number of hydrogen-bond donors (Lipinski definition) is 3. The van der Waals surface area contributed by atoms with E-state index in [1.807, 2.05) is 48.8 Å². The van der Waals surface area contributed by atoms with Gasteiger partial charge in [0.1, 0.15) is 35.1 Å². The molecule has 2 aliphatic carbocycles. The second kappa shape index (κ2) is 15.4. The van der Waals surface area contributed by atoms with Crippen molar-refractivity contribution in [1.29, 1.82) is 0 Å². The molecule has 2 aromatic rings. The summed E-state index contributed by atoms with van der Waals surface area (Å²) in [5, 5.41) is 7.07. The average Bonchev–Trinajstić information content (AvgIpc) is 3.93. The fourth-order valence-corrected chi connectivity index (χ4v) is 8.40. The molecular weight excluding hydrogens is 733 g/mol. The largest absolute Gasteiger partial charge is 0.497 e. The van der Waals surface area contributed by atoms with Crippen LogP contribution in [0.2, 0.25) is 0 Å². The van der Waals surface area contributed by atoms with Crippen molar-refractivity contribution < 1.29 is 46.0 Å². The van der Waals surface area contributed by atoms with Gasteiger partial charge in [-0.1, -0.05) is 34.1 Å². The van der Waals surface area contributed by atoms with Gasteiger partial charge in [0.05, 0.1) is 19.3 Å². The van der Waals surface area contributed by atoms with E-state index in [1.54, 1.807) is 60.9 Å². The highest BCUT2D eigenvalue weighted by atomic mass is 32.2. The maximum atomic E-state index is 14.6. The van der Waals surface area contributed by atoms with E-state index < -0.39 is 74.5 Å². The number of pyridine rings is 1. The number of methoxy groups -OCH3 is 1. The van der Waals surface area contributed by atoms with E-state index in [-0.39, 0.29) is 31.2 Å². The minimum atomic E-state index is -4.46. The zero-order chi connectivity index (χ0) is 40.7. The molecule has 17 heteroatoms. The summed E-state index contributed by atoms with van der Waals surface area (Å²) in [6.07, 6.45) is 1.81. The Balaban J connectivity index is 1.43. The van der Waals surface area contributed by atoms with Gasteiger partial charge < -0.3 is 34.6 Å². The number of nitrogens with zero attached hydrogens (tertiary/aromatic N) is 3. The molecule has 1 saturated heterocycles. The maximum absolute atomic E-state index is 14.6. The van der Waals surface area contributed by atoms with Gasteiger partial charge in [0, 0.05) is 24.5 Å². The highest BCUT2D eigenvalue weighted by Gasteiger charge is 2.62. The summed E-state index contributed by atoms with van der Waals surface area (Å²) in [6.45, 7) is 12.7. The smallest absolute Gasteiger partial charge is 0.408 e. The molecular formula is C38H56N6O10S. The predicted octanol–water partition coefficient (Wildman–Crippen LogP) is 3.29. The Morgan fingerprint density at radius 2 is 1.78 bits per heavy atom. The van der Waals surface area contributed by atoms with Crippen molar-refractivity contribution in [2.75, 3.05) is 34.3 Å². The summed E-state index contributed by atoms with van der Waals surface area (Å²) < 4.78 is 50.3. The molecule has 4 amide bonds. The van der Waals surface area contributed by atoms with Crippen LogP contribution in [0.5, 0.6) is 11.6 Å².